The topological polar surface area (TPSA) is 30.5 Å². The molecule has 3 aromatic rings. The van der Waals surface area contributed by atoms with Gasteiger partial charge in [0, 0.05) is 6.42 Å². The lowest BCUT2D eigenvalue weighted by molar-refractivity contribution is 0.0255. The SMILES string of the molecule is CC.Fc1ccc(C2CC(c3ccc(OCc4ccccc4)cc3)NO2)cc1. The smallest absolute Gasteiger partial charge is 0.123 e. The molecule has 28 heavy (non-hydrogen) atoms. The maximum Gasteiger partial charge on any atom is 0.123 e. The molecule has 1 aliphatic rings. The summed E-state index contributed by atoms with van der Waals surface area (Å²) in [6.45, 7) is 4.55. The van der Waals surface area contributed by atoms with E-state index in [1.165, 1.54) is 12.1 Å². The highest BCUT2D eigenvalue weighted by Crippen LogP contribution is 2.35. The number of rotatable bonds is 5. The van der Waals surface area contributed by atoms with E-state index in [9.17, 15) is 4.39 Å². The Hall–Kier alpha value is -2.69. The second-order valence-electron chi connectivity index (χ2n) is 6.41. The van der Waals surface area contributed by atoms with Gasteiger partial charge in [-0.05, 0) is 41.0 Å². The van der Waals surface area contributed by atoms with Gasteiger partial charge in [0.25, 0.3) is 0 Å². The molecule has 0 bridgehead atoms. The third-order valence-electron chi connectivity index (χ3n) is 4.57. The second-order valence-corrected chi connectivity index (χ2v) is 6.41. The standard InChI is InChI=1S/C22H20FNO2.C2H6/c23-19-10-6-18(7-11-19)22-14-21(24-26-22)17-8-12-20(13-9-17)25-15-16-4-2-1-3-5-16;1-2/h1-13,21-22,24H,14-15H2;1-2H3. The van der Waals surface area contributed by atoms with Gasteiger partial charge in [-0.1, -0.05) is 68.4 Å². The summed E-state index contributed by atoms with van der Waals surface area (Å²) in [6.07, 6.45) is 0.727. The highest BCUT2D eigenvalue weighted by molar-refractivity contribution is 5.30. The molecule has 1 N–H and O–H groups in total. The van der Waals surface area contributed by atoms with E-state index in [0.29, 0.717) is 6.61 Å². The number of halogens is 1. The van der Waals surface area contributed by atoms with Crippen molar-refractivity contribution in [1.82, 2.24) is 5.48 Å². The first kappa shape index (κ1) is 20.1. The first-order chi connectivity index (χ1) is 13.8. The molecule has 146 valence electrons. The Morgan fingerprint density at radius 1 is 0.893 bits per heavy atom. The zero-order valence-electron chi connectivity index (χ0n) is 16.3. The van der Waals surface area contributed by atoms with Gasteiger partial charge in [0.15, 0.2) is 0 Å². The van der Waals surface area contributed by atoms with E-state index >= 15 is 0 Å². The van der Waals surface area contributed by atoms with Crippen LogP contribution in [0, 0.1) is 5.82 Å². The lowest BCUT2D eigenvalue weighted by Crippen LogP contribution is -2.11. The van der Waals surface area contributed by atoms with Crippen molar-refractivity contribution >= 4 is 0 Å². The Morgan fingerprint density at radius 3 is 2.21 bits per heavy atom. The number of benzene rings is 3. The molecule has 4 heteroatoms. The Bertz CT molecular complexity index is 835. The molecule has 0 aliphatic carbocycles. The van der Waals surface area contributed by atoms with Gasteiger partial charge in [-0.25, -0.2) is 4.39 Å². The van der Waals surface area contributed by atoms with Gasteiger partial charge >= 0.3 is 0 Å². The van der Waals surface area contributed by atoms with E-state index in [4.69, 9.17) is 9.57 Å². The van der Waals surface area contributed by atoms with Gasteiger partial charge in [-0.15, -0.1) is 0 Å². The summed E-state index contributed by atoms with van der Waals surface area (Å²) in [6, 6.07) is 24.7. The number of hydroxylamine groups is 1. The summed E-state index contributed by atoms with van der Waals surface area (Å²) in [4.78, 5) is 5.68. The molecule has 1 aliphatic heterocycles. The molecule has 0 aromatic heterocycles. The largest absolute Gasteiger partial charge is 0.489 e. The van der Waals surface area contributed by atoms with E-state index in [1.807, 2.05) is 68.4 Å². The fourth-order valence-electron chi connectivity index (χ4n) is 3.10. The van der Waals surface area contributed by atoms with Crippen LogP contribution in [0.2, 0.25) is 0 Å². The van der Waals surface area contributed by atoms with Gasteiger partial charge < -0.3 is 4.74 Å². The van der Waals surface area contributed by atoms with Crippen molar-refractivity contribution in [3.05, 3.63) is 101 Å². The first-order valence-electron chi connectivity index (χ1n) is 9.71. The summed E-state index contributed by atoms with van der Waals surface area (Å²) in [7, 11) is 0. The normalized spacial score (nSPS) is 18.2. The lowest BCUT2D eigenvalue weighted by Gasteiger charge is -2.11. The van der Waals surface area contributed by atoms with Crippen LogP contribution in [0.15, 0.2) is 78.9 Å². The molecule has 3 nitrogen and oxygen atoms in total. The summed E-state index contributed by atoms with van der Waals surface area (Å²) in [5, 5.41) is 0. The maximum atomic E-state index is 13.1. The molecule has 4 rings (SSSR count). The van der Waals surface area contributed by atoms with Crippen molar-refractivity contribution in [2.45, 2.75) is 39.0 Å². The van der Waals surface area contributed by atoms with Crippen LogP contribution in [-0.2, 0) is 11.4 Å². The van der Waals surface area contributed by atoms with E-state index in [0.717, 1.165) is 28.9 Å². The van der Waals surface area contributed by atoms with Gasteiger partial charge in [0.05, 0.1) is 6.04 Å². The molecular formula is C24H26FNO2. The zero-order valence-corrected chi connectivity index (χ0v) is 16.3. The Kier molecular flexibility index (Phi) is 7.18. The number of nitrogens with one attached hydrogen (secondary N) is 1. The van der Waals surface area contributed by atoms with Gasteiger partial charge in [0.2, 0.25) is 0 Å². The fourth-order valence-corrected chi connectivity index (χ4v) is 3.10. The molecular weight excluding hydrogens is 353 g/mol. The molecule has 0 radical (unpaired) electrons. The predicted molar refractivity (Wildman–Crippen MR) is 109 cm³/mol. The molecule has 3 aromatic carbocycles. The lowest BCUT2D eigenvalue weighted by atomic mass is 9.98. The minimum Gasteiger partial charge on any atom is -0.489 e. The average Bonchev–Trinajstić information content (AvgIpc) is 3.26. The summed E-state index contributed by atoms with van der Waals surface area (Å²) in [5.41, 5.74) is 6.34. The van der Waals surface area contributed by atoms with Crippen LogP contribution in [0.3, 0.4) is 0 Å². The third-order valence-corrected chi connectivity index (χ3v) is 4.57. The summed E-state index contributed by atoms with van der Waals surface area (Å²) >= 11 is 0. The Balaban J connectivity index is 0.00000109. The Labute approximate surface area is 166 Å². The molecule has 2 unspecified atom stereocenters. The van der Waals surface area contributed by atoms with E-state index < -0.39 is 0 Å². The van der Waals surface area contributed by atoms with E-state index in [1.54, 1.807) is 12.1 Å². The highest BCUT2D eigenvalue weighted by atomic mass is 19.1. The number of hydrogen-bond acceptors (Lipinski definition) is 3. The van der Waals surface area contributed by atoms with E-state index in [-0.39, 0.29) is 18.0 Å². The molecule has 1 heterocycles. The summed E-state index contributed by atoms with van der Waals surface area (Å²) in [5.74, 6) is 0.606. The second kappa shape index (κ2) is 10.0. The predicted octanol–water partition coefficient (Wildman–Crippen LogP) is 6.14. The molecule has 2 atom stereocenters. The number of ether oxygens (including phenoxy) is 1. The highest BCUT2D eigenvalue weighted by Gasteiger charge is 2.27. The quantitative estimate of drug-likeness (QED) is 0.578. The minimum absolute atomic E-state index is 0.0744. The van der Waals surface area contributed by atoms with Gasteiger partial charge in [-0.2, -0.15) is 5.48 Å². The van der Waals surface area contributed by atoms with Crippen molar-refractivity contribution in [1.29, 1.82) is 0 Å². The van der Waals surface area contributed by atoms with Crippen LogP contribution in [-0.4, -0.2) is 0 Å². The molecule has 0 spiro atoms. The molecule has 0 saturated carbocycles. The van der Waals surface area contributed by atoms with Crippen molar-refractivity contribution in [3.8, 4) is 5.75 Å². The fraction of sp³-hybridized carbons (Fsp3) is 0.250. The van der Waals surface area contributed by atoms with Crippen molar-refractivity contribution < 1.29 is 14.0 Å². The molecule has 1 fully saturated rings. The van der Waals surface area contributed by atoms with Crippen LogP contribution in [0.4, 0.5) is 4.39 Å². The van der Waals surface area contributed by atoms with E-state index in [2.05, 4.69) is 5.48 Å². The first-order valence-corrected chi connectivity index (χ1v) is 9.71. The molecule has 1 saturated heterocycles. The van der Waals surface area contributed by atoms with Crippen LogP contribution in [0.5, 0.6) is 5.75 Å². The summed E-state index contributed by atoms with van der Waals surface area (Å²) < 4.78 is 18.9. The van der Waals surface area contributed by atoms with Crippen molar-refractivity contribution in [3.63, 3.8) is 0 Å². The maximum absolute atomic E-state index is 13.1. The van der Waals surface area contributed by atoms with Crippen LogP contribution >= 0.6 is 0 Å². The van der Waals surface area contributed by atoms with Crippen LogP contribution < -0.4 is 10.2 Å². The van der Waals surface area contributed by atoms with Crippen LogP contribution in [0.1, 0.15) is 49.1 Å². The van der Waals surface area contributed by atoms with Gasteiger partial charge in [-0.3, -0.25) is 4.84 Å². The Morgan fingerprint density at radius 2 is 1.54 bits per heavy atom. The van der Waals surface area contributed by atoms with Crippen LogP contribution in [0.25, 0.3) is 0 Å². The number of hydrogen-bond donors (Lipinski definition) is 1. The average molecular weight is 379 g/mol. The van der Waals surface area contributed by atoms with Gasteiger partial charge in [0.1, 0.15) is 24.3 Å². The van der Waals surface area contributed by atoms with Crippen molar-refractivity contribution in [2.75, 3.05) is 0 Å². The monoisotopic (exact) mass is 379 g/mol. The van der Waals surface area contributed by atoms with Crippen molar-refractivity contribution in [2.24, 2.45) is 0 Å². The minimum atomic E-state index is -0.234. The third kappa shape index (κ3) is 5.18. The molecule has 0 amide bonds. The zero-order chi connectivity index (χ0) is 19.8.